The third kappa shape index (κ3) is 3.36. The standard InChI is InChI=1S/C28H25NO9/c1-11-5-15(16-6-12(10-30)3-4-19(16)38-2)17-8-13-7-14-9-18(31)22(27(29)36)26(35)28(14,37)25(34)20(13)24(33)21(17)23(11)32/h3-6,10,13-14,20,22,32,37H,7-9H2,1-2H3,(H2,29,36)/t13-,14+,20?,22?,28+/m1/s1. The summed E-state index contributed by atoms with van der Waals surface area (Å²) >= 11 is 0. The average Bonchev–Trinajstić information content (AvgIpc) is 2.87. The molecule has 4 N–H and O–H groups in total. The molecule has 3 aliphatic rings. The van der Waals surface area contributed by atoms with Gasteiger partial charge in [-0.15, -0.1) is 0 Å². The number of hydrogen-bond donors (Lipinski definition) is 3. The lowest BCUT2D eigenvalue weighted by Crippen LogP contribution is -2.68. The van der Waals surface area contributed by atoms with E-state index in [1.165, 1.54) is 7.11 Å². The molecule has 196 valence electrons. The summed E-state index contributed by atoms with van der Waals surface area (Å²) in [6.07, 6.45) is 0.359. The number of aliphatic hydroxyl groups is 1. The predicted octanol–water partition coefficient (Wildman–Crippen LogP) is 1.12. The van der Waals surface area contributed by atoms with Gasteiger partial charge in [-0.1, -0.05) is 0 Å². The van der Waals surface area contributed by atoms with Crippen LogP contribution >= 0.6 is 0 Å². The van der Waals surface area contributed by atoms with E-state index < -0.39 is 64.7 Å². The smallest absolute Gasteiger partial charge is 0.235 e. The fourth-order valence-electron chi connectivity index (χ4n) is 6.42. The number of rotatable bonds is 4. The molecule has 5 atom stereocenters. The highest BCUT2D eigenvalue weighted by Crippen LogP contribution is 2.52. The van der Waals surface area contributed by atoms with E-state index in [1.807, 2.05) is 0 Å². The van der Waals surface area contributed by atoms with E-state index in [1.54, 1.807) is 31.2 Å². The van der Waals surface area contributed by atoms with E-state index in [0.29, 0.717) is 39.9 Å². The van der Waals surface area contributed by atoms with Gasteiger partial charge >= 0.3 is 0 Å². The highest BCUT2D eigenvalue weighted by atomic mass is 16.5. The first-order valence-corrected chi connectivity index (χ1v) is 12.1. The zero-order valence-electron chi connectivity index (χ0n) is 20.6. The molecule has 38 heavy (non-hydrogen) atoms. The van der Waals surface area contributed by atoms with E-state index in [2.05, 4.69) is 0 Å². The molecule has 0 aliphatic heterocycles. The minimum atomic E-state index is -2.70. The Labute approximate surface area is 216 Å². The summed E-state index contributed by atoms with van der Waals surface area (Å²) in [5, 5.41) is 22.3. The molecule has 2 saturated carbocycles. The number of primary amides is 1. The van der Waals surface area contributed by atoms with Gasteiger partial charge in [-0.25, -0.2) is 0 Å². The van der Waals surface area contributed by atoms with Crippen molar-refractivity contribution >= 4 is 35.3 Å². The van der Waals surface area contributed by atoms with Crippen molar-refractivity contribution in [1.82, 2.24) is 0 Å². The number of phenols is 1. The molecule has 0 radical (unpaired) electrons. The summed E-state index contributed by atoms with van der Waals surface area (Å²) in [5.74, 6) is -10.3. The van der Waals surface area contributed by atoms with Gasteiger partial charge in [-0.2, -0.15) is 0 Å². The van der Waals surface area contributed by atoms with Crippen LogP contribution in [0.5, 0.6) is 11.5 Å². The summed E-state index contributed by atoms with van der Waals surface area (Å²) < 4.78 is 5.48. The summed E-state index contributed by atoms with van der Waals surface area (Å²) in [5.41, 5.74) is 4.56. The summed E-state index contributed by atoms with van der Waals surface area (Å²) in [6, 6.07) is 6.45. The summed E-state index contributed by atoms with van der Waals surface area (Å²) in [7, 11) is 1.46. The molecule has 2 aromatic rings. The van der Waals surface area contributed by atoms with Crippen LogP contribution < -0.4 is 10.5 Å². The maximum absolute atomic E-state index is 13.8. The van der Waals surface area contributed by atoms with Crippen molar-refractivity contribution in [3.8, 4) is 22.6 Å². The van der Waals surface area contributed by atoms with E-state index in [0.717, 1.165) is 0 Å². The molecule has 1 amide bonds. The lowest BCUT2D eigenvalue weighted by atomic mass is 9.53. The number of ketones is 4. The summed E-state index contributed by atoms with van der Waals surface area (Å²) in [6.45, 7) is 1.58. The van der Waals surface area contributed by atoms with Gasteiger partial charge in [0.25, 0.3) is 0 Å². The number of benzene rings is 2. The quantitative estimate of drug-likeness (QED) is 0.394. The van der Waals surface area contributed by atoms with Gasteiger partial charge in [-0.3, -0.25) is 28.8 Å². The van der Waals surface area contributed by atoms with Gasteiger partial charge in [-0.05, 0) is 66.6 Å². The van der Waals surface area contributed by atoms with Crippen LogP contribution in [-0.4, -0.2) is 58.3 Å². The number of nitrogens with two attached hydrogens (primary N) is 1. The fourth-order valence-corrected chi connectivity index (χ4v) is 6.42. The highest BCUT2D eigenvalue weighted by Gasteiger charge is 2.66. The van der Waals surface area contributed by atoms with Gasteiger partial charge in [0.1, 0.15) is 17.8 Å². The molecule has 3 aliphatic carbocycles. The van der Waals surface area contributed by atoms with Crippen molar-refractivity contribution in [3.05, 3.63) is 46.5 Å². The lowest BCUT2D eigenvalue weighted by molar-refractivity contribution is -0.175. The Kier molecular flexibility index (Phi) is 5.83. The Hall–Kier alpha value is -4.18. The Morgan fingerprint density at radius 1 is 1.11 bits per heavy atom. The van der Waals surface area contributed by atoms with Crippen LogP contribution in [-0.2, 0) is 25.6 Å². The number of methoxy groups -OCH3 is 1. The monoisotopic (exact) mass is 519 g/mol. The average molecular weight is 520 g/mol. The minimum absolute atomic E-state index is 0.0133. The third-order valence-corrected chi connectivity index (χ3v) is 8.24. The zero-order chi connectivity index (χ0) is 27.7. The second-order valence-electron chi connectivity index (χ2n) is 10.3. The number of carbonyl (C=O) groups excluding carboxylic acids is 6. The molecule has 10 heteroatoms. The van der Waals surface area contributed by atoms with Crippen LogP contribution in [0.1, 0.15) is 44.7 Å². The minimum Gasteiger partial charge on any atom is -0.507 e. The number of aromatic hydroxyl groups is 1. The molecular formula is C28H25NO9. The SMILES string of the molecule is COc1ccc(C=O)cc1-c1cc(C)c(O)c2c1C[C@H]1C[C@H]3CC(=O)C(C(N)=O)C(=O)[C@@]3(O)C(=O)C1C2=O. The normalized spacial score (nSPS) is 28.3. The van der Waals surface area contributed by atoms with Crippen molar-refractivity contribution < 1.29 is 43.7 Å². The highest BCUT2D eigenvalue weighted by molar-refractivity contribution is 6.31. The van der Waals surface area contributed by atoms with E-state index in [-0.39, 0.29) is 24.2 Å². The largest absolute Gasteiger partial charge is 0.507 e. The van der Waals surface area contributed by atoms with E-state index in [4.69, 9.17) is 10.5 Å². The maximum Gasteiger partial charge on any atom is 0.235 e. The molecule has 0 spiro atoms. The van der Waals surface area contributed by atoms with Crippen molar-refractivity contribution in [3.63, 3.8) is 0 Å². The first-order chi connectivity index (χ1) is 17.9. The van der Waals surface area contributed by atoms with Crippen LogP contribution in [0, 0.1) is 30.6 Å². The van der Waals surface area contributed by atoms with Gasteiger partial charge in [0.2, 0.25) is 5.91 Å². The van der Waals surface area contributed by atoms with Crippen molar-refractivity contribution in [2.45, 2.75) is 31.8 Å². The molecule has 0 saturated heterocycles. The van der Waals surface area contributed by atoms with Crippen molar-refractivity contribution in [1.29, 1.82) is 0 Å². The van der Waals surface area contributed by atoms with Gasteiger partial charge in [0, 0.05) is 23.5 Å². The number of aldehydes is 1. The lowest BCUT2D eigenvalue weighted by Gasteiger charge is -2.48. The number of hydrogen-bond acceptors (Lipinski definition) is 9. The molecule has 2 aromatic carbocycles. The van der Waals surface area contributed by atoms with Gasteiger partial charge in [0.05, 0.1) is 18.6 Å². The number of phenolic OH excluding ortho intramolecular Hbond substituents is 1. The molecule has 10 nitrogen and oxygen atoms in total. The molecular weight excluding hydrogens is 494 g/mol. The molecule has 0 heterocycles. The van der Waals surface area contributed by atoms with E-state index in [9.17, 15) is 39.0 Å². The summed E-state index contributed by atoms with van der Waals surface area (Å²) in [4.78, 5) is 76.4. The second kappa shape index (κ2) is 8.70. The maximum atomic E-state index is 13.8. The number of Topliss-reactive ketones (excluding diaryl/α,β-unsaturated/α-hetero) is 4. The number of carbonyl (C=O) groups is 6. The van der Waals surface area contributed by atoms with Crippen LogP contribution in [0.25, 0.3) is 11.1 Å². The Balaban J connectivity index is 1.68. The zero-order valence-corrected chi connectivity index (χ0v) is 20.6. The van der Waals surface area contributed by atoms with Crippen LogP contribution in [0.15, 0.2) is 24.3 Å². The molecule has 5 rings (SSSR count). The third-order valence-electron chi connectivity index (χ3n) is 8.24. The number of amides is 1. The Morgan fingerprint density at radius 2 is 1.82 bits per heavy atom. The Bertz CT molecular complexity index is 1480. The van der Waals surface area contributed by atoms with E-state index >= 15 is 0 Å². The second-order valence-corrected chi connectivity index (χ2v) is 10.3. The predicted molar refractivity (Wildman–Crippen MR) is 131 cm³/mol. The molecule has 0 bridgehead atoms. The first kappa shape index (κ1) is 25.5. The fraction of sp³-hybridized carbons (Fsp3) is 0.357. The van der Waals surface area contributed by atoms with Crippen LogP contribution in [0.2, 0.25) is 0 Å². The number of aryl methyl sites for hydroxylation is 1. The van der Waals surface area contributed by atoms with Gasteiger partial charge in [0.15, 0.2) is 34.7 Å². The van der Waals surface area contributed by atoms with Crippen LogP contribution in [0.3, 0.4) is 0 Å². The topological polar surface area (TPSA) is 178 Å². The first-order valence-electron chi connectivity index (χ1n) is 12.1. The van der Waals surface area contributed by atoms with Crippen LogP contribution in [0.4, 0.5) is 0 Å². The molecule has 2 unspecified atom stereocenters. The van der Waals surface area contributed by atoms with Crippen molar-refractivity contribution in [2.24, 2.45) is 29.4 Å². The van der Waals surface area contributed by atoms with Crippen molar-refractivity contribution in [2.75, 3.05) is 7.11 Å². The molecule has 0 aromatic heterocycles. The number of ether oxygens (including phenoxy) is 1. The Morgan fingerprint density at radius 3 is 2.45 bits per heavy atom. The molecule has 2 fully saturated rings. The number of fused-ring (bicyclic) bond motifs is 3. The van der Waals surface area contributed by atoms with Gasteiger partial charge < -0.3 is 20.7 Å².